The van der Waals surface area contributed by atoms with Gasteiger partial charge in [-0.25, -0.2) is 0 Å². The molecule has 1 heteroatoms. The topological polar surface area (TPSA) is 3.24 Å². The van der Waals surface area contributed by atoms with Crippen LogP contribution in [0.2, 0.25) is 0 Å². The van der Waals surface area contributed by atoms with Gasteiger partial charge in [0, 0.05) is 33.1 Å². The van der Waals surface area contributed by atoms with Crippen LogP contribution in [0.5, 0.6) is 0 Å². The average Bonchev–Trinajstić information content (AvgIpc) is 4.10. The fourth-order valence-corrected chi connectivity index (χ4v) is 13.8. The van der Waals surface area contributed by atoms with Gasteiger partial charge in [-0.1, -0.05) is 186 Å². The quantitative estimate of drug-likeness (QED) is 0.168. The van der Waals surface area contributed by atoms with Crippen molar-refractivity contribution in [1.29, 1.82) is 0 Å². The van der Waals surface area contributed by atoms with Gasteiger partial charge in [-0.15, -0.1) is 0 Å². The number of benzene rings is 8. The van der Waals surface area contributed by atoms with E-state index in [0.29, 0.717) is 5.92 Å². The molecule has 8 aromatic carbocycles. The van der Waals surface area contributed by atoms with E-state index in [1.54, 1.807) is 5.56 Å². The van der Waals surface area contributed by atoms with E-state index in [0.717, 1.165) is 5.92 Å². The molecule has 2 saturated carbocycles. The number of hydrogen-bond acceptors (Lipinski definition) is 1. The number of para-hydroxylation sites is 2. The predicted octanol–water partition coefficient (Wildman–Crippen LogP) is 16.2. The molecule has 5 aliphatic carbocycles. The molecule has 5 aliphatic rings. The Morgan fingerprint density at radius 1 is 0.403 bits per heavy atom. The molecule has 2 bridgehead atoms. The lowest BCUT2D eigenvalue weighted by Gasteiger charge is -2.37. The first kappa shape index (κ1) is 36.2. The molecule has 3 unspecified atom stereocenters. The predicted molar refractivity (Wildman–Crippen MR) is 259 cm³/mol. The third-order valence-corrected chi connectivity index (χ3v) is 16.3. The molecule has 0 saturated heterocycles. The van der Waals surface area contributed by atoms with Gasteiger partial charge in [0.2, 0.25) is 0 Å². The first-order chi connectivity index (χ1) is 30.3. The smallest absolute Gasteiger partial charge is 0.0540 e. The van der Waals surface area contributed by atoms with Crippen LogP contribution in [0.4, 0.5) is 17.1 Å². The fraction of sp³-hybridized carbons (Fsp3) is 0.213. The van der Waals surface area contributed by atoms with Gasteiger partial charge in [-0.05, 0) is 133 Å². The molecule has 13 rings (SSSR count). The van der Waals surface area contributed by atoms with Crippen molar-refractivity contribution in [1.82, 2.24) is 0 Å². The summed E-state index contributed by atoms with van der Waals surface area (Å²) in [7, 11) is 0. The summed E-state index contributed by atoms with van der Waals surface area (Å²) in [5, 5.41) is 0. The Morgan fingerprint density at radius 2 is 0.903 bits per heavy atom. The molecule has 3 atom stereocenters. The molecule has 0 N–H and O–H groups in total. The van der Waals surface area contributed by atoms with Crippen LogP contribution in [-0.4, -0.2) is 0 Å². The lowest BCUT2D eigenvalue weighted by atomic mass is 9.67. The van der Waals surface area contributed by atoms with Gasteiger partial charge in [-0.2, -0.15) is 0 Å². The first-order valence-electron chi connectivity index (χ1n) is 23.0. The second kappa shape index (κ2) is 12.8. The minimum atomic E-state index is -0.156. The molecule has 0 heterocycles. The van der Waals surface area contributed by atoms with E-state index < -0.39 is 0 Å². The monoisotopic (exact) mass is 797 g/mol. The van der Waals surface area contributed by atoms with Crippen molar-refractivity contribution in [2.45, 2.75) is 69.6 Å². The summed E-state index contributed by atoms with van der Waals surface area (Å²) >= 11 is 0. The van der Waals surface area contributed by atoms with E-state index in [4.69, 9.17) is 0 Å². The summed E-state index contributed by atoms with van der Waals surface area (Å²) in [6.45, 7) is 9.61. The number of hydrogen-bond donors (Lipinski definition) is 0. The Bertz CT molecular complexity index is 3180. The molecule has 62 heavy (non-hydrogen) atoms. The molecule has 300 valence electrons. The molecule has 0 aliphatic heterocycles. The van der Waals surface area contributed by atoms with E-state index in [2.05, 4.69) is 209 Å². The van der Waals surface area contributed by atoms with Gasteiger partial charge in [0.05, 0.1) is 11.4 Å². The van der Waals surface area contributed by atoms with Crippen molar-refractivity contribution < 1.29 is 0 Å². The van der Waals surface area contributed by atoms with Crippen molar-refractivity contribution in [2.24, 2.45) is 11.8 Å². The van der Waals surface area contributed by atoms with E-state index in [-0.39, 0.29) is 16.2 Å². The maximum Gasteiger partial charge on any atom is 0.0540 e. The van der Waals surface area contributed by atoms with Gasteiger partial charge in [0.1, 0.15) is 0 Å². The van der Waals surface area contributed by atoms with Gasteiger partial charge in [-0.3, -0.25) is 0 Å². The normalized spacial score (nSPS) is 21.0. The average molecular weight is 798 g/mol. The van der Waals surface area contributed by atoms with Crippen molar-refractivity contribution >= 4 is 17.1 Å². The number of anilines is 3. The highest BCUT2D eigenvalue weighted by molar-refractivity contribution is 6.01. The Morgan fingerprint density at radius 3 is 1.58 bits per heavy atom. The van der Waals surface area contributed by atoms with Gasteiger partial charge in [0.15, 0.2) is 0 Å². The minimum absolute atomic E-state index is 0.0706. The van der Waals surface area contributed by atoms with Crippen molar-refractivity contribution in [3.63, 3.8) is 0 Å². The van der Waals surface area contributed by atoms with E-state index in [1.807, 2.05) is 0 Å². The summed E-state index contributed by atoms with van der Waals surface area (Å²) in [6.07, 6.45) is 5.31. The van der Waals surface area contributed by atoms with Crippen LogP contribution >= 0.6 is 0 Å². The molecular weight excluding hydrogens is 747 g/mol. The Hall–Kier alpha value is -6.44. The molecule has 8 aromatic rings. The first-order valence-corrected chi connectivity index (χ1v) is 23.0. The Labute approximate surface area is 366 Å². The Balaban J connectivity index is 1.08. The fourth-order valence-electron chi connectivity index (χ4n) is 13.8. The zero-order valence-corrected chi connectivity index (χ0v) is 36.2. The van der Waals surface area contributed by atoms with Crippen molar-refractivity contribution in [3.8, 4) is 55.6 Å². The standard InChI is InChI=1S/C61H51N/c1-59(2)51-26-11-7-21-49(51)57-46(22-16-28-53(57)59)44-19-8-13-29-55(44)62(40-33-34-43-41-17-6-12-27-52(41)61(54(43)36-40)37-38-31-32-39(61)35-38)56-30-14-9-20-45(56)48-24-15-23-47-42-18-5-10-25-50(42)60(3,4)58(47)48/h5-30,33-34,36,38-39H,31-32,35,37H2,1-4H3. The van der Waals surface area contributed by atoms with Crippen LogP contribution in [0.3, 0.4) is 0 Å². The SMILES string of the molecule is CC1(C)c2ccccc2-c2c(-c3ccccc3N(c3ccc4c(c3)C3(CC5CCC3C5)c3ccccc3-4)c3ccccc3-c3cccc4c3C(C)(C)c3ccccc3-4)cccc21. The summed E-state index contributed by atoms with van der Waals surface area (Å²) in [6, 6.07) is 67.5. The van der Waals surface area contributed by atoms with Crippen LogP contribution in [0.25, 0.3) is 55.6 Å². The third kappa shape index (κ3) is 4.69. The summed E-state index contributed by atoms with van der Waals surface area (Å²) in [5.74, 6) is 1.49. The third-order valence-electron chi connectivity index (χ3n) is 16.3. The summed E-state index contributed by atoms with van der Waals surface area (Å²) in [4.78, 5) is 2.63. The van der Waals surface area contributed by atoms with Crippen LogP contribution in [0, 0.1) is 11.8 Å². The summed E-state index contributed by atoms with van der Waals surface area (Å²) < 4.78 is 0. The van der Waals surface area contributed by atoms with Crippen LogP contribution in [-0.2, 0) is 16.2 Å². The minimum Gasteiger partial charge on any atom is -0.309 e. The second-order valence-corrected chi connectivity index (χ2v) is 20.0. The molecule has 2 fully saturated rings. The van der Waals surface area contributed by atoms with Crippen LogP contribution < -0.4 is 4.90 Å². The molecular formula is C61H51N. The zero-order valence-electron chi connectivity index (χ0n) is 36.2. The summed E-state index contributed by atoms with van der Waals surface area (Å²) in [5.41, 5.74) is 25.5. The number of nitrogens with zero attached hydrogens (tertiary/aromatic N) is 1. The van der Waals surface area contributed by atoms with E-state index in [1.165, 1.54) is 126 Å². The van der Waals surface area contributed by atoms with Crippen LogP contribution in [0.15, 0.2) is 176 Å². The molecule has 1 spiro atoms. The van der Waals surface area contributed by atoms with E-state index >= 15 is 0 Å². The largest absolute Gasteiger partial charge is 0.309 e. The molecule has 0 amide bonds. The zero-order chi connectivity index (χ0) is 41.5. The highest BCUT2D eigenvalue weighted by Gasteiger charge is 2.57. The van der Waals surface area contributed by atoms with Gasteiger partial charge >= 0.3 is 0 Å². The molecule has 0 aromatic heterocycles. The lowest BCUT2D eigenvalue weighted by Crippen LogP contribution is -2.32. The highest BCUT2D eigenvalue weighted by atomic mass is 15.1. The van der Waals surface area contributed by atoms with Gasteiger partial charge < -0.3 is 4.90 Å². The second-order valence-electron chi connectivity index (χ2n) is 20.0. The van der Waals surface area contributed by atoms with Gasteiger partial charge in [0.25, 0.3) is 0 Å². The maximum absolute atomic E-state index is 2.63. The molecule has 0 radical (unpaired) electrons. The maximum atomic E-state index is 2.63. The lowest BCUT2D eigenvalue weighted by molar-refractivity contribution is 0.327. The molecule has 1 nitrogen and oxygen atoms in total. The number of fused-ring (bicyclic) bond motifs is 14. The van der Waals surface area contributed by atoms with Crippen molar-refractivity contribution in [3.05, 3.63) is 209 Å². The van der Waals surface area contributed by atoms with Crippen LogP contribution in [0.1, 0.15) is 86.8 Å². The van der Waals surface area contributed by atoms with E-state index in [9.17, 15) is 0 Å². The van der Waals surface area contributed by atoms with Crippen molar-refractivity contribution in [2.75, 3.05) is 4.90 Å². The highest BCUT2D eigenvalue weighted by Crippen LogP contribution is 2.66. The Kier molecular flexibility index (Phi) is 7.48. The number of rotatable bonds is 5.